The number of alkyl halides is 9. The van der Waals surface area contributed by atoms with E-state index in [4.69, 9.17) is 0 Å². The van der Waals surface area contributed by atoms with Gasteiger partial charge in [0.1, 0.15) is 0 Å². The first kappa shape index (κ1) is 44.7. The van der Waals surface area contributed by atoms with Gasteiger partial charge in [0.05, 0.1) is 0 Å². The molecule has 0 heterocycles. The molecule has 6 rings (SSSR count). The summed E-state index contributed by atoms with van der Waals surface area (Å²) < 4.78 is 108. The van der Waals surface area contributed by atoms with Crippen LogP contribution < -0.4 is 0 Å². The Balaban J connectivity index is 0.000000220. The van der Waals surface area contributed by atoms with E-state index in [1.807, 2.05) is 0 Å². The average molecular weight is 900 g/mol. The van der Waals surface area contributed by atoms with E-state index in [1.165, 1.54) is 18.2 Å². The molecule has 0 unspecified atom stereocenters. The minimum Gasteiger partial charge on any atom is -0.402 e. The summed E-state index contributed by atoms with van der Waals surface area (Å²) >= 11 is 0. The molecule has 0 aliphatic rings. The Hall–Kier alpha value is -4.72. The summed E-state index contributed by atoms with van der Waals surface area (Å²) in [5, 5.41) is 4.32. The van der Waals surface area contributed by atoms with Crippen molar-refractivity contribution in [1.29, 1.82) is 0 Å². The first-order valence-electron chi connectivity index (χ1n) is 15.5. The van der Waals surface area contributed by atoms with Crippen LogP contribution in [0.1, 0.15) is 31.1 Å². The van der Waals surface area contributed by atoms with Crippen molar-refractivity contribution >= 4 is 49.7 Å². The molecule has 0 bridgehead atoms. The van der Waals surface area contributed by atoms with Crippen molar-refractivity contribution in [3.63, 3.8) is 0 Å². The fourth-order valence-electron chi connectivity index (χ4n) is 5.00. The number of hydrogen-bond acceptors (Lipinski definition) is 3. The molecular formula is C42H24EuF9O3. The number of fused-ring (bicyclic) bond motifs is 3. The number of benzene rings is 6. The zero-order chi connectivity index (χ0) is 39.5. The number of ketones is 3. The number of allylic oxidation sites excluding steroid dienone is 6. The van der Waals surface area contributed by atoms with E-state index < -0.39 is 35.9 Å². The molecule has 0 aliphatic carbocycles. The fourth-order valence-corrected chi connectivity index (χ4v) is 5.00. The Morgan fingerprint density at radius 3 is 0.818 bits per heavy atom. The maximum absolute atomic E-state index is 12.0. The molecule has 13 heteroatoms. The number of carbonyl (C=O) groups excluding carboxylic acids is 3. The SMILES string of the molecule is O=C(C=[C-]C(F)(F)F)c1cccc2ccccc12.O=C(C=[C-]C(F)(F)F)c1cccc2ccccc12.O=C(C=[C-]C(F)(F)F)c1cccc2ccccc12.[Eu+3]. The smallest absolute Gasteiger partial charge is 0.402 e. The zero-order valence-corrected chi connectivity index (χ0v) is 30.3. The van der Waals surface area contributed by atoms with Crippen molar-refractivity contribution in [1.82, 2.24) is 0 Å². The normalized spacial score (nSPS) is 11.9. The third-order valence-corrected chi connectivity index (χ3v) is 7.27. The van der Waals surface area contributed by atoms with Crippen molar-refractivity contribution in [2.75, 3.05) is 0 Å². The predicted molar refractivity (Wildman–Crippen MR) is 186 cm³/mol. The van der Waals surface area contributed by atoms with Gasteiger partial charge in [0, 0.05) is 17.3 Å². The van der Waals surface area contributed by atoms with Crippen molar-refractivity contribution in [2.45, 2.75) is 18.5 Å². The Bertz CT molecular complexity index is 2090. The standard InChI is InChI=1S/3C14H8F3O.Eu/c3*15-14(16,17)9-8-13(18)12-7-3-5-10-4-1-2-6-11(10)12;/h3*1-8H;/q3*-1;+3. The summed E-state index contributed by atoms with van der Waals surface area (Å²) in [4.78, 5) is 35.1. The van der Waals surface area contributed by atoms with Gasteiger partial charge in [-0.05, 0) is 32.3 Å². The van der Waals surface area contributed by atoms with E-state index in [0.717, 1.165) is 34.4 Å². The molecule has 0 amide bonds. The van der Waals surface area contributed by atoms with Gasteiger partial charge in [-0.15, -0.1) is 0 Å². The van der Waals surface area contributed by atoms with Crippen LogP contribution in [-0.2, 0) is 0 Å². The topological polar surface area (TPSA) is 51.2 Å². The van der Waals surface area contributed by atoms with Gasteiger partial charge in [0.25, 0.3) is 0 Å². The Kier molecular flexibility index (Phi) is 16.0. The summed E-state index contributed by atoms with van der Waals surface area (Å²) in [5.74, 6) is -2.11. The van der Waals surface area contributed by atoms with E-state index in [1.54, 1.807) is 109 Å². The van der Waals surface area contributed by atoms with Crippen molar-refractivity contribution in [2.24, 2.45) is 0 Å². The third kappa shape index (κ3) is 14.1. The quantitative estimate of drug-likeness (QED) is 0.0724. The molecule has 6 aromatic carbocycles. The van der Waals surface area contributed by atoms with Crippen LogP contribution in [0.3, 0.4) is 0 Å². The molecule has 280 valence electrons. The molecule has 55 heavy (non-hydrogen) atoms. The summed E-state index contributed by atoms with van der Waals surface area (Å²) in [5.41, 5.74) is 0.722. The van der Waals surface area contributed by atoms with Crippen LogP contribution in [0.15, 0.2) is 146 Å². The second-order valence-electron chi connectivity index (χ2n) is 11.0. The Morgan fingerprint density at radius 2 is 0.582 bits per heavy atom. The second-order valence-corrected chi connectivity index (χ2v) is 11.0. The molecule has 0 saturated heterocycles. The van der Waals surface area contributed by atoms with E-state index in [-0.39, 0.29) is 66.1 Å². The van der Waals surface area contributed by atoms with Crippen LogP contribution in [0.4, 0.5) is 39.5 Å². The number of rotatable bonds is 6. The van der Waals surface area contributed by atoms with Crippen LogP contribution in [0.2, 0.25) is 0 Å². The number of carbonyl (C=O) groups is 3. The summed E-state index contributed by atoms with van der Waals surface area (Å²) in [6.45, 7) is 0. The molecule has 3 nitrogen and oxygen atoms in total. The van der Waals surface area contributed by atoms with Gasteiger partial charge in [-0.3, -0.25) is 0 Å². The minimum absolute atomic E-state index is 0. The van der Waals surface area contributed by atoms with Gasteiger partial charge in [-0.2, -0.15) is 76.0 Å². The number of halogens is 9. The van der Waals surface area contributed by atoms with E-state index in [0.29, 0.717) is 34.4 Å². The first-order chi connectivity index (χ1) is 25.4. The molecule has 0 spiro atoms. The zero-order valence-electron chi connectivity index (χ0n) is 27.9. The van der Waals surface area contributed by atoms with Crippen LogP contribution in [0.25, 0.3) is 32.3 Å². The molecule has 6 aromatic rings. The first-order valence-corrected chi connectivity index (χ1v) is 15.5. The molecule has 0 fully saturated rings. The van der Waals surface area contributed by atoms with Gasteiger partial charge in [-0.25, -0.2) is 0 Å². The van der Waals surface area contributed by atoms with Gasteiger partial charge in [0.15, 0.2) is 0 Å². The van der Waals surface area contributed by atoms with Crippen molar-refractivity contribution in [3.8, 4) is 0 Å². The van der Waals surface area contributed by atoms with Gasteiger partial charge < -0.3 is 14.4 Å². The predicted octanol–water partition coefficient (Wildman–Crippen LogP) is 11.8. The molecule has 0 atom stereocenters. The molecule has 0 aromatic heterocycles. The van der Waals surface area contributed by atoms with E-state index >= 15 is 0 Å². The summed E-state index contributed by atoms with van der Waals surface area (Å²) in [7, 11) is 0. The molecule has 0 radical (unpaired) electrons. The monoisotopic (exact) mass is 900 g/mol. The largest absolute Gasteiger partial charge is 3.00 e. The van der Waals surface area contributed by atoms with Crippen LogP contribution in [0.5, 0.6) is 0 Å². The summed E-state index contributed by atoms with van der Waals surface area (Å²) in [6, 6.07) is 35.9. The molecule has 0 aliphatic heterocycles. The maximum atomic E-state index is 12.0. The maximum Gasteiger partial charge on any atom is 3.00 e. The minimum atomic E-state index is -4.60. The second kappa shape index (κ2) is 19.7. The molecule has 0 N–H and O–H groups in total. The van der Waals surface area contributed by atoms with E-state index in [2.05, 4.69) is 0 Å². The van der Waals surface area contributed by atoms with Crippen molar-refractivity contribution in [3.05, 3.63) is 181 Å². The Labute approximate surface area is 349 Å². The molecule has 0 saturated carbocycles. The van der Waals surface area contributed by atoms with Crippen LogP contribution in [-0.4, -0.2) is 35.9 Å². The van der Waals surface area contributed by atoms with Gasteiger partial charge >= 0.3 is 67.9 Å². The van der Waals surface area contributed by atoms with Crippen LogP contribution >= 0.6 is 0 Å². The summed E-state index contributed by atoms with van der Waals surface area (Å²) in [6.07, 6.45) is -9.16. The molecular weight excluding hydrogens is 875 g/mol. The number of hydrogen-bond donors (Lipinski definition) is 0. The van der Waals surface area contributed by atoms with Crippen LogP contribution in [0, 0.1) is 67.6 Å². The fraction of sp³-hybridized carbons (Fsp3) is 0.0714. The van der Waals surface area contributed by atoms with Gasteiger partial charge in [0.2, 0.25) is 0 Å². The average Bonchev–Trinajstić information content (AvgIpc) is 3.14. The van der Waals surface area contributed by atoms with Gasteiger partial charge in [-0.1, -0.05) is 144 Å². The Morgan fingerprint density at radius 1 is 0.364 bits per heavy atom. The third-order valence-electron chi connectivity index (χ3n) is 7.27. The van der Waals surface area contributed by atoms with Crippen molar-refractivity contribution < 1.29 is 103 Å². The van der Waals surface area contributed by atoms with E-state index in [9.17, 15) is 53.9 Å².